The lowest BCUT2D eigenvalue weighted by atomic mass is 10.0. The molecule has 1 fully saturated rings. The highest BCUT2D eigenvalue weighted by Gasteiger charge is 2.22. The second-order valence-corrected chi connectivity index (χ2v) is 8.91. The Bertz CT molecular complexity index is 1500. The summed E-state index contributed by atoms with van der Waals surface area (Å²) in [5.41, 5.74) is 5.66. The van der Waals surface area contributed by atoms with Gasteiger partial charge in [-0.05, 0) is 43.5 Å². The molecule has 2 N–H and O–H groups in total. The molecular formula is C25H25FN8. The number of hydrogen-bond acceptors (Lipinski definition) is 6. The number of pyridine rings is 2. The van der Waals surface area contributed by atoms with Crippen molar-refractivity contribution in [2.75, 3.05) is 37.0 Å². The van der Waals surface area contributed by atoms with E-state index in [1.54, 1.807) is 24.7 Å². The minimum Gasteiger partial charge on any atom is -0.376 e. The number of hydrogen-bond donors (Lipinski definition) is 2. The Kier molecular flexibility index (Phi) is 4.90. The van der Waals surface area contributed by atoms with E-state index in [2.05, 4.69) is 35.0 Å². The molecule has 0 unspecified atom stereocenters. The third kappa shape index (κ3) is 3.35. The normalized spacial score (nSPS) is 14.3. The molecule has 0 spiro atoms. The molecule has 0 saturated carbocycles. The average molecular weight is 457 g/mol. The number of rotatable bonds is 4. The van der Waals surface area contributed by atoms with Crippen LogP contribution in [0.1, 0.15) is 19.3 Å². The third-order valence-electron chi connectivity index (χ3n) is 6.51. The Morgan fingerprint density at radius 3 is 2.74 bits per heavy atom. The highest BCUT2D eigenvalue weighted by Crippen LogP contribution is 2.35. The van der Waals surface area contributed by atoms with E-state index in [0.717, 1.165) is 30.0 Å². The quantitative estimate of drug-likeness (QED) is 0.405. The predicted molar refractivity (Wildman–Crippen MR) is 133 cm³/mol. The first-order chi connectivity index (χ1) is 16.6. The zero-order chi connectivity index (χ0) is 23.2. The summed E-state index contributed by atoms with van der Waals surface area (Å²) in [6.45, 7) is 2.02. The zero-order valence-electron chi connectivity index (χ0n) is 19.1. The summed E-state index contributed by atoms with van der Waals surface area (Å²) in [7, 11) is 3.87. The molecule has 8 nitrogen and oxygen atoms in total. The van der Waals surface area contributed by atoms with Gasteiger partial charge in [0.05, 0.1) is 28.5 Å². The van der Waals surface area contributed by atoms with Gasteiger partial charge in [-0.2, -0.15) is 5.10 Å². The first-order valence-electron chi connectivity index (χ1n) is 11.5. The van der Waals surface area contributed by atoms with Gasteiger partial charge in [-0.3, -0.25) is 10.1 Å². The largest absolute Gasteiger partial charge is 0.376 e. The van der Waals surface area contributed by atoms with E-state index in [0.29, 0.717) is 39.2 Å². The summed E-state index contributed by atoms with van der Waals surface area (Å²) in [4.78, 5) is 21.1. The second-order valence-electron chi connectivity index (χ2n) is 8.91. The minimum atomic E-state index is -0.358. The van der Waals surface area contributed by atoms with Crippen molar-refractivity contribution >= 4 is 33.4 Å². The first-order valence-corrected chi connectivity index (χ1v) is 11.5. The molecule has 1 aromatic carbocycles. The van der Waals surface area contributed by atoms with Crippen LogP contribution in [-0.2, 0) is 0 Å². The van der Waals surface area contributed by atoms with Gasteiger partial charge in [0.15, 0.2) is 11.5 Å². The van der Waals surface area contributed by atoms with Crippen LogP contribution in [0.25, 0.3) is 44.7 Å². The number of fused-ring (bicyclic) bond motifs is 2. The van der Waals surface area contributed by atoms with Gasteiger partial charge in [0, 0.05) is 50.7 Å². The summed E-state index contributed by atoms with van der Waals surface area (Å²) in [5.74, 6) is 0.137. The number of imidazole rings is 1. The fourth-order valence-corrected chi connectivity index (χ4v) is 4.70. The molecule has 1 aliphatic rings. The molecule has 0 amide bonds. The Hall–Kier alpha value is -4.01. The lowest BCUT2D eigenvalue weighted by molar-refractivity contribution is 0.578. The summed E-state index contributed by atoms with van der Waals surface area (Å²) in [6.07, 6.45) is 8.81. The van der Waals surface area contributed by atoms with E-state index < -0.39 is 0 Å². The van der Waals surface area contributed by atoms with Gasteiger partial charge >= 0.3 is 0 Å². The van der Waals surface area contributed by atoms with E-state index in [-0.39, 0.29) is 5.82 Å². The molecule has 172 valence electrons. The fourth-order valence-electron chi connectivity index (χ4n) is 4.70. The average Bonchev–Trinajstić information content (AvgIpc) is 3.49. The smallest absolute Gasteiger partial charge is 0.180 e. The van der Waals surface area contributed by atoms with Gasteiger partial charge in [-0.15, -0.1) is 0 Å². The maximum atomic E-state index is 15.9. The number of benzene rings is 1. The number of H-pyrrole nitrogens is 2. The van der Waals surface area contributed by atoms with Crippen LogP contribution >= 0.6 is 0 Å². The molecule has 1 saturated heterocycles. The van der Waals surface area contributed by atoms with Crippen molar-refractivity contribution in [3.63, 3.8) is 0 Å². The first kappa shape index (κ1) is 20.6. The maximum Gasteiger partial charge on any atom is 0.180 e. The van der Waals surface area contributed by atoms with E-state index in [1.807, 2.05) is 37.2 Å². The van der Waals surface area contributed by atoms with Crippen LogP contribution in [-0.4, -0.2) is 57.3 Å². The number of piperidine rings is 1. The van der Waals surface area contributed by atoms with Gasteiger partial charge in [-0.1, -0.05) is 0 Å². The number of anilines is 2. The second kappa shape index (κ2) is 8.09. The number of halogens is 1. The monoisotopic (exact) mass is 456 g/mol. The van der Waals surface area contributed by atoms with Crippen molar-refractivity contribution in [1.29, 1.82) is 0 Å². The van der Waals surface area contributed by atoms with Crippen LogP contribution in [0.15, 0.2) is 42.9 Å². The molecule has 4 aromatic heterocycles. The van der Waals surface area contributed by atoms with Crippen LogP contribution in [0.3, 0.4) is 0 Å². The molecule has 6 rings (SSSR count). The van der Waals surface area contributed by atoms with E-state index >= 15 is 4.39 Å². The molecular weight excluding hydrogens is 431 g/mol. The third-order valence-corrected chi connectivity index (χ3v) is 6.51. The van der Waals surface area contributed by atoms with E-state index in [1.165, 1.54) is 19.3 Å². The summed E-state index contributed by atoms with van der Waals surface area (Å²) >= 11 is 0. The molecule has 9 heteroatoms. The molecule has 0 radical (unpaired) electrons. The number of aromatic amines is 2. The van der Waals surface area contributed by atoms with Crippen LogP contribution < -0.4 is 9.80 Å². The summed E-state index contributed by atoms with van der Waals surface area (Å²) < 4.78 is 15.9. The van der Waals surface area contributed by atoms with E-state index in [4.69, 9.17) is 0 Å². The van der Waals surface area contributed by atoms with Crippen molar-refractivity contribution in [2.45, 2.75) is 19.3 Å². The Morgan fingerprint density at radius 2 is 1.91 bits per heavy atom. The molecule has 0 atom stereocenters. The van der Waals surface area contributed by atoms with Crippen molar-refractivity contribution in [3.05, 3.63) is 48.7 Å². The molecule has 0 bridgehead atoms. The van der Waals surface area contributed by atoms with Gasteiger partial charge in [0.1, 0.15) is 17.0 Å². The summed E-state index contributed by atoms with van der Waals surface area (Å²) in [5, 5.41) is 7.77. The SMILES string of the molecule is CN(C)c1cncc(-c2ccc3[nH]nc(-c4nc5nccc(N6CCCCC6)c5[nH]4)c3c2F)c1. The van der Waals surface area contributed by atoms with Crippen LogP contribution in [0.5, 0.6) is 0 Å². The van der Waals surface area contributed by atoms with Crippen LogP contribution in [0.2, 0.25) is 0 Å². The highest BCUT2D eigenvalue weighted by atomic mass is 19.1. The lowest BCUT2D eigenvalue weighted by Gasteiger charge is -2.28. The van der Waals surface area contributed by atoms with E-state index in [9.17, 15) is 0 Å². The molecule has 1 aliphatic heterocycles. The molecule has 5 heterocycles. The van der Waals surface area contributed by atoms with Gasteiger partial charge < -0.3 is 14.8 Å². The highest BCUT2D eigenvalue weighted by molar-refractivity contribution is 5.97. The maximum absolute atomic E-state index is 15.9. The standard InChI is InChI=1S/C25H25FN8/c1-33(2)16-12-15(13-27-14-16)17-6-7-18-20(21(17)26)23(32-31-18)25-29-22-19(8-9-28-24(22)30-25)34-10-4-3-5-11-34/h6-9,12-14H,3-5,10-11H2,1-2H3,(H,31,32)(H,28,29,30). The predicted octanol–water partition coefficient (Wildman–Crippen LogP) is 4.76. The number of nitrogens with zero attached hydrogens (tertiary/aromatic N) is 6. The molecule has 34 heavy (non-hydrogen) atoms. The Labute approximate surface area is 195 Å². The van der Waals surface area contributed by atoms with Gasteiger partial charge in [0.2, 0.25) is 0 Å². The molecule has 0 aliphatic carbocycles. The van der Waals surface area contributed by atoms with Crippen molar-refractivity contribution < 1.29 is 4.39 Å². The molecule has 5 aromatic rings. The summed E-state index contributed by atoms with van der Waals surface area (Å²) in [6, 6.07) is 7.53. The van der Waals surface area contributed by atoms with Crippen LogP contribution in [0.4, 0.5) is 15.8 Å². The van der Waals surface area contributed by atoms with Gasteiger partial charge in [-0.25, -0.2) is 14.4 Å². The number of aromatic nitrogens is 6. The Morgan fingerprint density at radius 1 is 1.06 bits per heavy atom. The topological polar surface area (TPSA) is 89.6 Å². The fraction of sp³-hybridized carbons (Fsp3) is 0.280. The lowest BCUT2D eigenvalue weighted by Crippen LogP contribution is -2.29. The number of nitrogens with one attached hydrogen (secondary N) is 2. The zero-order valence-corrected chi connectivity index (χ0v) is 19.1. The van der Waals surface area contributed by atoms with Crippen molar-refractivity contribution in [1.82, 2.24) is 30.1 Å². The minimum absolute atomic E-state index is 0.358. The van der Waals surface area contributed by atoms with Crippen molar-refractivity contribution in [3.8, 4) is 22.6 Å². The van der Waals surface area contributed by atoms with Crippen molar-refractivity contribution in [2.24, 2.45) is 0 Å². The Balaban J connectivity index is 1.48. The van der Waals surface area contributed by atoms with Gasteiger partial charge in [0.25, 0.3) is 0 Å². The van der Waals surface area contributed by atoms with Crippen LogP contribution in [0, 0.1) is 5.82 Å².